The van der Waals surface area contributed by atoms with Gasteiger partial charge >= 0.3 is 5.69 Å². The van der Waals surface area contributed by atoms with Gasteiger partial charge in [-0.3, -0.25) is 9.36 Å². The van der Waals surface area contributed by atoms with Crippen LogP contribution in [0.1, 0.15) is 31.9 Å². The van der Waals surface area contributed by atoms with Crippen molar-refractivity contribution in [2.24, 2.45) is 0 Å². The fourth-order valence-electron chi connectivity index (χ4n) is 4.83. The Bertz CT molecular complexity index is 1330. The molecule has 0 fully saturated rings. The molecular formula is C28H48N7O2+3. The van der Waals surface area contributed by atoms with Gasteiger partial charge in [0.1, 0.15) is 6.54 Å². The molecule has 3 rings (SSSR count). The lowest BCUT2D eigenvalue weighted by Crippen LogP contribution is -2.46. The summed E-state index contributed by atoms with van der Waals surface area (Å²) < 4.78 is 5.70. The number of hydrogen-bond donors (Lipinski definition) is 0. The van der Waals surface area contributed by atoms with Gasteiger partial charge in [-0.2, -0.15) is 4.98 Å². The average Bonchev–Trinajstić information content (AvgIpc) is 2.80. The average molecular weight is 515 g/mol. The molecule has 0 bridgehead atoms. The first-order valence-electron chi connectivity index (χ1n) is 13.5. The Hall–Kier alpha value is -2.62. The van der Waals surface area contributed by atoms with Gasteiger partial charge in [-0.05, 0) is 45.4 Å². The van der Waals surface area contributed by atoms with E-state index in [1.165, 1.54) is 15.7 Å². The molecule has 1 aromatic carbocycles. The zero-order valence-electron chi connectivity index (χ0n) is 24.8. The van der Waals surface area contributed by atoms with Crippen LogP contribution in [0.15, 0.2) is 21.7 Å². The van der Waals surface area contributed by atoms with Gasteiger partial charge < -0.3 is 18.0 Å². The summed E-state index contributed by atoms with van der Waals surface area (Å²) in [6.45, 7) is 15.4. The predicted molar refractivity (Wildman–Crippen MR) is 151 cm³/mol. The van der Waals surface area contributed by atoms with Gasteiger partial charge in [0, 0.05) is 5.56 Å². The van der Waals surface area contributed by atoms with Crippen LogP contribution < -0.4 is 11.2 Å². The summed E-state index contributed by atoms with van der Waals surface area (Å²) in [6.07, 6.45) is 0. The molecule has 0 spiro atoms. The number of benzene rings is 1. The van der Waals surface area contributed by atoms with Gasteiger partial charge in [0.15, 0.2) is 11.5 Å². The largest absolute Gasteiger partial charge is 0.352 e. The molecule has 204 valence electrons. The van der Waals surface area contributed by atoms with E-state index in [-0.39, 0.29) is 11.3 Å². The van der Waals surface area contributed by atoms with Crippen LogP contribution in [0.5, 0.6) is 0 Å². The van der Waals surface area contributed by atoms with Crippen LogP contribution in [-0.4, -0.2) is 108 Å². The third-order valence-corrected chi connectivity index (χ3v) is 7.81. The van der Waals surface area contributed by atoms with E-state index in [2.05, 4.69) is 70.5 Å². The first-order chi connectivity index (χ1) is 17.1. The Morgan fingerprint density at radius 3 is 1.84 bits per heavy atom. The van der Waals surface area contributed by atoms with E-state index in [0.29, 0.717) is 29.9 Å². The van der Waals surface area contributed by atoms with Crippen LogP contribution in [0.25, 0.3) is 22.6 Å². The van der Waals surface area contributed by atoms with Crippen molar-refractivity contribution in [2.45, 2.75) is 47.3 Å². The minimum absolute atomic E-state index is 0.267. The van der Waals surface area contributed by atoms with Gasteiger partial charge in [-0.15, -0.1) is 0 Å². The third kappa shape index (κ3) is 6.45. The summed E-state index contributed by atoms with van der Waals surface area (Å²) in [5.74, 6) is 0.384. The number of fused-ring (bicyclic) bond motifs is 2. The first kappa shape index (κ1) is 28.9. The topological polar surface area (TPSA) is 69.8 Å². The van der Waals surface area contributed by atoms with Crippen molar-refractivity contribution in [1.82, 2.24) is 19.1 Å². The molecule has 9 heteroatoms. The molecule has 2 heterocycles. The maximum atomic E-state index is 13.6. The number of rotatable bonds is 11. The third-order valence-electron chi connectivity index (χ3n) is 7.81. The summed E-state index contributed by atoms with van der Waals surface area (Å²) in [5, 5.41) is 0. The number of quaternary nitrogens is 3. The molecule has 0 amide bonds. The van der Waals surface area contributed by atoms with Crippen molar-refractivity contribution in [1.29, 1.82) is 0 Å². The monoisotopic (exact) mass is 514 g/mol. The van der Waals surface area contributed by atoms with Crippen molar-refractivity contribution in [3.8, 4) is 11.5 Å². The van der Waals surface area contributed by atoms with Gasteiger partial charge in [0.05, 0.1) is 99.1 Å². The van der Waals surface area contributed by atoms with Crippen LogP contribution >= 0.6 is 0 Å². The fraction of sp³-hybridized carbons (Fsp3) is 0.643. The molecule has 2 aliphatic rings. The van der Waals surface area contributed by atoms with Crippen LogP contribution in [0.3, 0.4) is 0 Å². The normalized spacial score (nSPS) is 13.1. The second-order valence-electron chi connectivity index (χ2n) is 12.5. The summed E-state index contributed by atoms with van der Waals surface area (Å²) in [6, 6.07) is 4.32. The van der Waals surface area contributed by atoms with Gasteiger partial charge in [0.2, 0.25) is 0 Å². The highest BCUT2D eigenvalue weighted by atomic mass is 16.2. The zero-order valence-corrected chi connectivity index (χ0v) is 24.8. The van der Waals surface area contributed by atoms with Crippen LogP contribution in [0.2, 0.25) is 0 Å². The number of likely N-dealkylation sites (N-methyl/N-ethyl adjacent to an activating group) is 2. The standard InChI is InChI=1S/C28H48N7O2/c1-11-35(12-2,13-3)20-22-19-24-23(18-21(22)4)29-25-26(31(24)14-16-33(5,6)7)30-28(37)32(27(25)36)15-17-34(8,9)10/h18-19H,11-17,20H2,1-10H3/q+3. The Morgan fingerprint density at radius 2 is 1.32 bits per heavy atom. The molecule has 37 heavy (non-hydrogen) atoms. The SMILES string of the molecule is CC[N+](CC)(CC)Cc1cc2c(cc1C)nc1c(=O)n(CC[N+](C)(C)C)c(=O)nc-1n2CC[N+](C)(C)C. The molecule has 0 saturated heterocycles. The highest BCUT2D eigenvalue weighted by molar-refractivity contribution is 5.81. The zero-order chi connectivity index (χ0) is 27.8. The quantitative estimate of drug-likeness (QED) is 0.291. The second-order valence-corrected chi connectivity index (χ2v) is 12.5. The summed E-state index contributed by atoms with van der Waals surface area (Å²) in [5.41, 5.74) is 3.56. The summed E-state index contributed by atoms with van der Waals surface area (Å²) >= 11 is 0. The van der Waals surface area contributed by atoms with E-state index in [9.17, 15) is 9.59 Å². The van der Waals surface area contributed by atoms with Crippen LogP contribution in [-0.2, 0) is 19.6 Å². The van der Waals surface area contributed by atoms with E-state index >= 15 is 0 Å². The van der Waals surface area contributed by atoms with E-state index in [1.807, 2.05) is 21.1 Å². The van der Waals surface area contributed by atoms with E-state index in [1.54, 1.807) is 0 Å². The van der Waals surface area contributed by atoms with Gasteiger partial charge in [-0.1, -0.05) is 0 Å². The number of hydrogen-bond acceptors (Lipinski definition) is 4. The van der Waals surface area contributed by atoms with E-state index < -0.39 is 5.69 Å². The highest BCUT2D eigenvalue weighted by Gasteiger charge is 2.26. The molecule has 0 aromatic heterocycles. The molecule has 0 radical (unpaired) electrons. The van der Waals surface area contributed by atoms with Gasteiger partial charge in [0.25, 0.3) is 5.56 Å². The molecule has 0 N–H and O–H groups in total. The molecule has 0 aliphatic carbocycles. The molecule has 9 nitrogen and oxygen atoms in total. The highest BCUT2D eigenvalue weighted by Crippen LogP contribution is 2.26. The summed E-state index contributed by atoms with van der Waals surface area (Å²) in [4.78, 5) is 35.9. The Morgan fingerprint density at radius 1 is 0.784 bits per heavy atom. The van der Waals surface area contributed by atoms with Crippen molar-refractivity contribution in [3.05, 3.63) is 44.1 Å². The maximum absolute atomic E-state index is 13.6. The van der Waals surface area contributed by atoms with Crippen LogP contribution in [0, 0.1) is 6.92 Å². The number of aryl methyl sites for hydroxylation is 1. The van der Waals surface area contributed by atoms with Crippen molar-refractivity contribution < 1.29 is 13.4 Å². The van der Waals surface area contributed by atoms with E-state index in [4.69, 9.17) is 4.98 Å². The lowest BCUT2D eigenvalue weighted by molar-refractivity contribution is -0.936. The molecule has 0 unspecified atom stereocenters. The lowest BCUT2D eigenvalue weighted by atomic mass is 10.0. The van der Waals surface area contributed by atoms with Crippen molar-refractivity contribution in [2.75, 3.05) is 75.0 Å². The fourth-order valence-corrected chi connectivity index (χ4v) is 4.83. The Kier molecular flexibility index (Phi) is 8.32. The smallest absolute Gasteiger partial charge is 0.329 e. The number of aromatic nitrogens is 4. The molecule has 2 aliphatic heterocycles. The number of nitrogens with zero attached hydrogens (tertiary/aromatic N) is 7. The minimum Gasteiger partial charge on any atom is -0.329 e. The predicted octanol–water partition coefficient (Wildman–Crippen LogP) is 2.16. The summed E-state index contributed by atoms with van der Waals surface area (Å²) in [7, 11) is 12.5. The molecule has 1 aromatic rings. The molecule has 0 saturated carbocycles. The second kappa shape index (κ2) is 10.6. The van der Waals surface area contributed by atoms with Crippen molar-refractivity contribution >= 4 is 11.0 Å². The van der Waals surface area contributed by atoms with Crippen LogP contribution in [0.4, 0.5) is 0 Å². The Balaban J connectivity index is 2.30. The van der Waals surface area contributed by atoms with Gasteiger partial charge in [-0.25, -0.2) is 9.78 Å². The molecular weight excluding hydrogens is 466 g/mol. The molecule has 0 atom stereocenters. The first-order valence-corrected chi connectivity index (χ1v) is 13.5. The Labute approximate surface area is 221 Å². The minimum atomic E-state index is -0.503. The van der Waals surface area contributed by atoms with Crippen molar-refractivity contribution in [3.63, 3.8) is 0 Å². The van der Waals surface area contributed by atoms with E-state index in [0.717, 1.165) is 52.7 Å². The lowest BCUT2D eigenvalue weighted by Gasteiger charge is -2.36. The maximum Gasteiger partial charge on any atom is 0.352 e.